The molecule has 2 amide bonds. The molecule has 168 valence electrons. The summed E-state index contributed by atoms with van der Waals surface area (Å²) in [5.74, 6) is 3.54. The molecule has 0 unspecified atom stereocenters. The summed E-state index contributed by atoms with van der Waals surface area (Å²) in [7, 11) is 0. The largest absolute Gasteiger partial charge is 0.481 e. The summed E-state index contributed by atoms with van der Waals surface area (Å²) in [6.07, 6.45) is 1.52. The van der Waals surface area contributed by atoms with Crippen molar-refractivity contribution in [3.05, 3.63) is 0 Å². The first kappa shape index (κ1) is 25.2. The standard InChI is InChI=1S/C18H33N3O8/c19-20-16(22)3-7-26-9-11-28-13-14-29-12-10-27-8-4-17(23)21-5-1-15(2-6-21)18(24)25/h15H,1-14,19H2,(H,20,22)(H,24,25). The number of aliphatic carboxylic acids is 1. The fourth-order valence-electron chi connectivity index (χ4n) is 2.69. The molecule has 0 bridgehead atoms. The first-order valence-electron chi connectivity index (χ1n) is 9.85. The minimum Gasteiger partial charge on any atom is -0.481 e. The van der Waals surface area contributed by atoms with Crippen molar-refractivity contribution >= 4 is 17.8 Å². The monoisotopic (exact) mass is 419 g/mol. The first-order valence-corrected chi connectivity index (χ1v) is 9.85. The van der Waals surface area contributed by atoms with E-state index in [1.807, 2.05) is 5.43 Å². The highest BCUT2D eigenvalue weighted by Gasteiger charge is 2.26. The van der Waals surface area contributed by atoms with Crippen LogP contribution in [-0.2, 0) is 33.3 Å². The van der Waals surface area contributed by atoms with Gasteiger partial charge in [0.15, 0.2) is 0 Å². The molecule has 0 aromatic heterocycles. The molecule has 0 aliphatic carbocycles. The average Bonchev–Trinajstić information content (AvgIpc) is 2.73. The van der Waals surface area contributed by atoms with Crippen LogP contribution in [0, 0.1) is 5.92 Å². The highest BCUT2D eigenvalue weighted by Crippen LogP contribution is 2.17. The van der Waals surface area contributed by atoms with Crippen molar-refractivity contribution in [3.8, 4) is 0 Å². The van der Waals surface area contributed by atoms with Crippen LogP contribution in [0.3, 0.4) is 0 Å². The van der Waals surface area contributed by atoms with Gasteiger partial charge in [-0.3, -0.25) is 19.8 Å². The van der Waals surface area contributed by atoms with Crippen LogP contribution in [0.4, 0.5) is 0 Å². The summed E-state index contributed by atoms with van der Waals surface area (Å²) in [6, 6.07) is 0. The number of piperidine rings is 1. The molecule has 0 saturated carbocycles. The van der Waals surface area contributed by atoms with E-state index in [9.17, 15) is 14.4 Å². The number of ether oxygens (including phenoxy) is 4. The zero-order chi connectivity index (χ0) is 21.3. The van der Waals surface area contributed by atoms with Crippen LogP contribution in [0.2, 0.25) is 0 Å². The lowest BCUT2D eigenvalue weighted by Crippen LogP contribution is -2.40. The minimum absolute atomic E-state index is 0.00553. The molecular weight excluding hydrogens is 386 g/mol. The molecule has 1 fully saturated rings. The number of amides is 2. The number of carboxylic acids is 1. The van der Waals surface area contributed by atoms with Crippen molar-refractivity contribution in [2.24, 2.45) is 11.8 Å². The Labute approximate surface area is 170 Å². The zero-order valence-corrected chi connectivity index (χ0v) is 16.8. The van der Waals surface area contributed by atoms with Gasteiger partial charge in [-0.1, -0.05) is 0 Å². The summed E-state index contributed by atoms with van der Waals surface area (Å²) in [4.78, 5) is 35.5. The van der Waals surface area contributed by atoms with Crippen LogP contribution in [0.15, 0.2) is 0 Å². The number of nitrogens with one attached hydrogen (secondary N) is 1. The molecule has 0 aromatic carbocycles. The Morgan fingerprint density at radius 1 is 0.828 bits per heavy atom. The van der Waals surface area contributed by atoms with Crippen LogP contribution >= 0.6 is 0 Å². The maximum absolute atomic E-state index is 12.0. The molecule has 1 aliphatic heterocycles. The number of hydrogen-bond acceptors (Lipinski definition) is 8. The van der Waals surface area contributed by atoms with E-state index in [1.165, 1.54) is 0 Å². The summed E-state index contributed by atoms with van der Waals surface area (Å²) >= 11 is 0. The third-order valence-electron chi connectivity index (χ3n) is 4.41. The second kappa shape index (κ2) is 16.1. The molecule has 11 nitrogen and oxygen atoms in total. The Balaban J connectivity index is 1.83. The quantitative estimate of drug-likeness (QED) is 0.126. The molecule has 0 atom stereocenters. The summed E-state index contributed by atoms with van der Waals surface area (Å²) in [5.41, 5.74) is 2.02. The topological polar surface area (TPSA) is 150 Å². The van der Waals surface area contributed by atoms with E-state index in [4.69, 9.17) is 29.9 Å². The van der Waals surface area contributed by atoms with Gasteiger partial charge in [-0.25, -0.2) is 5.84 Å². The third-order valence-corrected chi connectivity index (χ3v) is 4.41. The Morgan fingerprint density at radius 3 is 1.72 bits per heavy atom. The molecule has 29 heavy (non-hydrogen) atoms. The number of hydrogen-bond donors (Lipinski definition) is 3. The minimum atomic E-state index is -0.784. The molecule has 1 rings (SSSR count). The van der Waals surface area contributed by atoms with E-state index in [0.29, 0.717) is 78.8 Å². The van der Waals surface area contributed by atoms with Crippen molar-refractivity contribution in [3.63, 3.8) is 0 Å². The lowest BCUT2D eigenvalue weighted by atomic mass is 9.97. The molecular formula is C18H33N3O8. The Kier molecular flexibility index (Phi) is 14.0. The number of nitrogens with zero attached hydrogens (tertiary/aromatic N) is 1. The second-order valence-corrected chi connectivity index (χ2v) is 6.51. The van der Waals surface area contributed by atoms with Gasteiger partial charge < -0.3 is 29.0 Å². The van der Waals surface area contributed by atoms with Gasteiger partial charge in [-0.05, 0) is 12.8 Å². The summed E-state index contributed by atoms with van der Waals surface area (Å²) < 4.78 is 21.3. The van der Waals surface area contributed by atoms with Gasteiger partial charge in [0, 0.05) is 13.1 Å². The van der Waals surface area contributed by atoms with E-state index < -0.39 is 5.97 Å². The Morgan fingerprint density at radius 2 is 1.28 bits per heavy atom. The maximum atomic E-state index is 12.0. The van der Waals surface area contributed by atoms with E-state index in [-0.39, 0.29) is 30.6 Å². The molecule has 0 aromatic rings. The molecule has 1 heterocycles. The van der Waals surface area contributed by atoms with Gasteiger partial charge in [0.25, 0.3) is 0 Å². The summed E-state index contributed by atoms with van der Waals surface area (Å²) in [6.45, 7) is 4.06. The predicted molar refractivity (Wildman–Crippen MR) is 102 cm³/mol. The van der Waals surface area contributed by atoms with Gasteiger partial charge in [0.2, 0.25) is 11.8 Å². The van der Waals surface area contributed by atoms with E-state index in [1.54, 1.807) is 4.90 Å². The van der Waals surface area contributed by atoms with Crippen LogP contribution < -0.4 is 11.3 Å². The highest BCUT2D eigenvalue weighted by molar-refractivity contribution is 5.77. The van der Waals surface area contributed by atoms with Crippen LogP contribution in [0.5, 0.6) is 0 Å². The first-order chi connectivity index (χ1) is 14.0. The van der Waals surface area contributed by atoms with Crippen molar-refractivity contribution in [2.45, 2.75) is 25.7 Å². The van der Waals surface area contributed by atoms with E-state index >= 15 is 0 Å². The Hall–Kier alpha value is -1.79. The fourth-order valence-corrected chi connectivity index (χ4v) is 2.69. The fraction of sp³-hybridized carbons (Fsp3) is 0.833. The van der Waals surface area contributed by atoms with Gasteiger partial charge in [-0.15, -0.1) is 0 Å². The SMILES string of the molecule is NNC(=O)CCOCCOCCOCCOCCC(=O)N1CCC(C(=O)O)CC1. The van der Waals surface area contributed by atoms with E-state index in [2.05, 4.69) is 0 Å². The number of carbonyl (C=O) groups is 3. The van der Waals surface area contributed by atoms with E-state index in [0.717, 1.165) is 0 Å². The highest BCUT2D eigenvalue weighted by atomic mass is 16.6. The van der Waals surface area contributed by atoms with Gasteiger partial charge in [0.1, 0.15) is 0 Å². The molecule has 11 heteroatoms. The molecule has 4 N–H and O–H groups in total. The predicted octanol–water partition coefficient (Wildman–Crippen LogP) is -0.854. The Bertz CT molecular complexity index is 484. The normalized spacial score (nSPS) is 14.7. The number of nitrogens with two attached hydrogens (primary N) is 1. The zero-order valence-electron chi connectivity index (χ0n) is 16.8. The number of hydrazine groups is 1. The summed E-state index contributed by atoms with van der Waals surface area (Å²) in [5, 5.41) is 8.96. The second-order valence-electron chi connectivity index (χ2n) is 6.51. The number of rotatable bonds is 16. The molecule has 1 aliphatic rings. The lowest BCUT2D eigenvalue weighted by molar-refractivity contribution is -0.146. The van der Waals surface area contributed by atoms with Crippen LogP contribution in [-0.4, -0.2) is 93.7 Å². The number of carbonyl (C=O) groups excluding carboxylic acids is 2. The number of carboxylic acid groups (broad SMARTS) is 1. The maximum Gasteiger partial charge on any atom is 0.306 e. The van der Waals surface area contributed by atoms with Crippen molar-refractivity contribution in [1.82, 2.24) is 10.3 Å². The van der Waals surface area contributed by atoms with Gasteiger partial charge in [-0.2, -0.15) is 0 Å². The molecule has 1 saturated heterocycles. The smallest absolute Gasteiger partial charge is 0.306 e. The molecule has 0 radical (unpaired) electrons. The van der Waals surface area contributed by atoms with Crippen molar-refractivity contribution < 1.29 is 38.4 Å². The van der Waals surface area contributed by atoms with Gasteiger partial charge in [0.05, 0.1) is 71.6 Å². The van der Waals surface area contributed by atoms with Crippen molar-refractivity contribution in [2.75, 3.05) is 65.9 Å². The lowest BCUT2D eigenvalue weighted by Gasteiger charge is -2.30. The average molecular weight is 419 g/mol. The van der Waals surface area contributed by atoms with Crippen LogP contribution in [0.1, 0.15) is 25.7 Å². The van der Waals surface area contributed by atoms with Crippen molar-refractivity contribution in [1.29, 1.82) is 0 Å². The third kappa shape index (κ3) is 12.4. The van der Waals surface area contributed by atoms with Crippen LogP contribution in [0.25, 0.3) is 0 Å². The molecule has 0 spiro atoms. The number of likely N-dealkylation sites (tertiary alicyclic amines) is 1. The van der Waals surface area contributed by atoms with Gasteiger partial charge >= 0.3 is 5.97 Å².